The van der Waals surface area contributed by atoms with Crippen molar-refractivity contribution in [3.8, 4) is 11.5 Å². The Hall–Kier alpha value is -2.43. The van der Waals surface area contributed by atoms with Crippen LogP contribution in [-0.4, -0.2) is 32.6 Å². The summed E-state index contributed by atoms with van der Waals surface area (Å²) in [5.74, 6) is -0.320. The quantitative estimate of drug-likeness (QED) is 0.384. The second kappa shape index (κ2) is 6.47. The summed E-state index contributed by atoms with van der Waals surface area (Å²) in [5, 5.41) is 20.8. The maximum absolute atomic E-state index is 12.4. The summed E-state index contributed by atoms with van der Waals surface area (Å²) in [6.07, 6.45) is 0. The monoisotopic (exact) mass is 456 g/mol. The number of phenols is 1. The molecule has 0 aliphatic heterocycles. The first kappa shape index (κ1) is 17.4. The third kappa shape index (κ3) is 2.88. The number of methoxy groups -OCH3 is 1. The Balaban J connectivity index is 2.36. The van der Waals surface area contributed by atoms with Crippen LogP contribution in [0, 0.1) is 17.4 Å². The van der Waals surface area contributed by atoms with Crippen molar-refractivity contribution < 1.29 is 9.84 Å². The summed E-state index contributed by atoms with van der Waals surface area (Å²) >= 11 is 1.99. The molecule has 0 amide bonds. The molecule has 0 unspecified atom stereocenters. The minimum atomic E-state index is -0.618. The number of hydrogen-bond donors (Lipinski definition) is 5. The molecule has 132 valence electrons. The van der Waals surface area contributed by atoms with Gasteiger partial charge in [-0.3, -0.25) is 19.8 Å². The minimum Gasteiger partial charge on any atom is -0.504 e. The molecule has 0 saturated heterocycles. The van der Waals surface area contributed by atoms with Crippen LogP contribution in [0.2, 0.25) is 0 Å². The Kier molecular flexibility index (Phi) is 4.50. The number of aromatic hydroxyl groups is 1. The first-order valence-electron chi connectivity index (χ1n) is 7.45. The first-order chi connectivity index (χ1) is 11.8. The van der Waals surface area contributed by atoms with Crippen LogP contribution in [-0.2, 0) is 0 Å². The number of aromatic amines is 4. The summed E-state index contributed by atoms with van der Waals surface area (Å²) in [6.45, 7) is 3.53. The van der Waals surface area contributed by atoms with Gasteiger partial charge >= 0.3 is 0 Å². The zero-order valence-corrected chi connectivity index (χ0v) is 15.9. The molecule has 0 radical (unpaired) electrons. The van der Waals surface area contributed by atoms with Crippen molar-refractivity contribution in [1.82, 2.24) is 20.4 Å². The minimum absolute atomic E-state index is 0.0185. The number of H-pyrrole nitrogens is 4. The molecule has 0 fully saturated rings. The van der Waals surface area contributed by atoms with E-state index in [0.29, 0.717) is 31.6 Å². The van der Waals surface area contributed by atoms with Crippen molar-refractivity contribution in [2.45, 2.75) is 19.8 Å². The Labute approximate surface area is 155 Å². The number of aryl methyl sites for hydroxylation is 2. The Morgan fingerprint density at radius 3 is 1.92 bits per heavy atom. The molecule has 5 N–H and O–H groups in total. The molecule has 3 rings (SSSR count). The van der Waals surface area contributed by atoms with Gasteiger partial charge in [0.2, 0.25) is 0 Å². The van der Waals surface area contributed by atoms with E-state index in [2.05, 4.69) is 20.4 Å². The second-order valence-electron chi connectivity index (χ2n) is 5.72. The van der Waals surface area contributed by atoms with Gasteiger partial charge in [-0.2, -0.15) is 0 Å². The molecule has 2 heterocycles. The summed E-state index contributed by atoms with van der Waals surface area (Å²) in [7, 11) is 1.45. The van der Waals surface area contributed by atoms with Gasteiger partial charge in [0.15, 0.2) is 11.5 Å². The third-order valence-electron chi connectivity index (χ3n) is 4.21. The zero-order chi connectivity index (χ0) is 18.3. The second-order valence-corrected chi connectivity index (χ2v) is 6.88. The highest BCUT2D eigenvalue weighted by Crippen LogP contribution is 2.38. The van der Waals surface area contributed by atoms with E-state index < -0.39 is 5.92 Å². The van der Waals surface area contributed by atoms with Crippen molar-refractivity contribution in [1.29, 1.82) is 0 Å². The smallest absolute Gasteiger partial charge is 0.268 e. The largest absolute Gasteiger partial charge is 0.504 e. The molecule has 1 aromatic carbocycles. The highest BCUT2D eigenvalue weighted by Gasteiger charge is 2.29. The van der Waals surface area contributed by atoms with Gasteiger partial charge in [0.05, 0.1) is 21.8 Å². The fraction of sp³-hybridized carbons (Fsp3) is 0.250. The Bertz CT molecular complexity index is 989. The van der Waals surface area contributed by atoms with E-state index in [4.69, 9.17) is 4.74 Å². The van der Waals surface area contributed by atoms with Crippen LogP contribution in [0.25, 0.3) is 0 Å². The summed E-state index contributed by atoms with van der Waals surface area (Å²) in [6, 6.07) is 3.38. The molecule has 3 aromatic rings. The van der Waals surface area contributed by atoms with Crippen molar-refractivity contribution in [2.24, 2.45) is 0 Å². The van der Waals surface area contributed by atoms with Crippen LogP contribution < -0.4 is 15.9 Å². The summed E-state index contributed by atoms with van der Waals surface area (Å²) < 4.78 is 5.79. The zero-order valence-electron chi connectivity index (χ0n) is 13.8. The van der Waals surface area contributed by atoms with E-state index in [0.717, 1.165) is 0 Å². The maximum atomic E-state index is 12.4. The van der Waals surface area contributed by atoms with Gasteiger partial charge in [-0.05, 0) is 54.1 Å². The fourth-order valence-electron chi connectivity index (χ4n) is 3.00. The lowest BCUT2D eigenvalue weighted by Crippen LogP contribution is -2.20. The Morgan fingerprint density at radius 2 is 1.52 bits per heavy atom. The summed E-state index contributed by atoms with van der Waals surface area (Å²) in [4.78, 5) is 24.8. The van der Waals surface area contributed by atoms with Crippen LogP contribution in [0.1, 0.15) is 34.0 Å². The van der Waals surface area contributed by atoms with Crippen molar-refractivity contribution in [3.05, 3.63) is 64.5 Å². The van der Waals surface area contributed by atoms with Crippen molar-refractivity contribution >= 4 is 22.6 Å². The molecule has 8 nitrogen and oxygen atoms in total. The lowest BCUT2D eigenvalue weighted by molar-refractivity contribution is 0.371. The highest BCUT2D eigenvalue weighted by atomic mass is 127. The van der Waals surface area contributed by atoms with Crippen LogP contribution >= 0.6 is 22.6 Å². The normalized spacial score (nSPS) is 11.2. The van der Waals surface area contributed by atoms with E-state index >= 15 is 0 Å². The number of rotatable bonds is 4. The van der Waals surface area contributed by atoms with Gasteiger partial charge in [0.25, 0.3) is 11.1 Å². The van der Waals surface area contributed by atoms with Crippen LogP contribution in [0.3, 0.4) is 0 Å². The fourth-order valence-corrected chi connectivity index (χ4v) is 3.63. The summed E-state index contributed by atoms with van der Waals surface area (Å²) in [5.41, 5.74) is 2.22. The number of aromatic nitrogens is 4. The molecular formula is C16H17IN4O4. The molecule has 0 atom stereocenters. The van der Waals surface area contributed by atoms with Gasteiger partial charge in [-0.25, -0.2) is 0 Å². The predicted octanol–water partition coefficient (Wildman–Crippen LogP) is 1.84. The molecule has 0 bridgehead atoms. The van der Waals surface area contributed by atoms with Gasteiger partial charge in [-0.1, -0.05) is 0 Å². The van der Waals surface area contributed by atoms with Gasteiger partial charge < -0.3 is 20.0 Å². The lowest BCUT2D eigenvalue weighted by Gasteiger charge is -2.18. The average molecular weight is 456 g/mol. The number of hydrogen-bond acceptors (Lipinski definition) is 4. The van der Waals surface area contributed by atoms with Crippen molar-refractivity contribution in [2.75, 3.05) is 7.11 Å². The molecule has 0 aliphatic carbocycles. The molecule has 2 aromatic heterocycles. The van der Waals surface area contributed by atoms with Gasteiger partial charge in [0, 0.05) is 17.3 Å². The van der Waals surface area contributed by atoms with E-state index in [1.54, 1.807) is 26.0 Å². The van der Waals surface area contributed by atoms with Crippen LogP contribution in [0.4, 0.5) is 0 Å². The molecule has 0 aliphatic rings. The number of ether oxygens (including phenoxy) is 1. The molecular weight excluding hydrogens is 439 g/mol. The van der Waals surface area contributed by atoms with Crippen molar-refractivity contribution in [3.63, 3.8) is 0 Å². The van der Waals surface area contributed by atoms with Crippen LogP contribution in [0.5, 0.6) is 11.5 Å². The van der Waals surface area contributed by atoms with Gasteiger partial charge in [0.1, 0.15) is 0 Å². The molecule has 0 spiro atoms. The average Bonchev–Trinajstić information content (AvgIpc) is 3.08. The Morgan fingerprint density at radius 1 is 1.00 bits per heavy atom. The van der Waals surface area contributed by atoms with Crippen LogP contribution in [0.15, 0.2) is 21.7 Å². The van der Waals surface area contributed by atoms with E-state index in [1.165, 1.54) is 7.11 Å². The number of halogens is 1. The van der Waals surface area contributed by atoms with E-state index in [9.17, 15) is 14.7 Å². The number of phenolic OH excluding ortho intramolecular Hbond substituents is 1. The van der Waals surface area contributed by atoms with E-state index in [1.807, 2.05) is 22.6 Å². The maximum Gasteiger partial charge on any atom is 0.268 e. The third-order valence-corrected chi connectivity index (χ3v) is 5.03. The number of nitrogens with one attached hydrogen (secondary N) is 4. The van der Waals surface area contributed by atoms with E-state index in [-0.39, 0.29) is 22.6 Å². The highest BCUT2D eigenvalue weighted by molar-refractivity contribution is 14.1. The van der Waals surface area contributed by atoms with Gasteiger partial charge in [-0.15, -0.1) is 0 Å². The number of benzene rings is 1. The molecule has 0 saturated carbocycles. The molecule has 9 heteroatoms. The topological polar surface area (TPSA) is 127 Å². The first-order valence-corrected chi connectivity index (χ1v) is 8.53. The standard InChI is InChI=1S/C16H17IN4O4/c1-6-11(15(23)20-18-6)13(12-7(2)19-21-16(12)24)8-4-9(17)14(22)10(5-8)25-3/h4-5,13,22H,1-3H3,(H2,18,20,23)(H2,19,21,24). The lowest BCUT2D eigenvalue weighted by atomic mass is 9.85. The predicted molar refractivity (Wildman–Crippen MR) is 101 cm³/mol. The SMILES string of the molecule is COc1cc(C(c2c(C)[nH][nH]c2=O)c2c(C)[nH][nH]c2=O)cc(I)c1O. The molecule has 25 heavy (non-hydrogen) atoms.